The molecule has 0 spiro atoms. The van der Waals surface area contributed by atoms with Gasteiger partial charge >= 0.3 is 0 Å². The average molecular weight is 371 g/mol. The van der Waals surface area contributed by atoms with E-state index < -0.39 is 0 Å². The topological polar surface area (TPSA) is 49.3 Å². The molecule has 0 fully saturated rings. The molecule has 2 rings (SSSR count). The lowest BCUT2D eigenvalue weighted by molar-refractivity contribution is 0.792. The third-order valence-corrected chi connectivity index (χ3v) is 5.16. The van der Waals surface area contributed by atoms with E-state index in [-0.39, 0.29) is 0 Å². The molecule has 7 heteroatoms. The normalized spacial score (nSPS) is 11.6. The third-order valence-electron chi connectivity index (χ3n) is 3.31. The van der Waals surface area contributed by atoms with E-state index in [0.29, 0.717) is 23.1 Å². The molecule has 1 heterocycles. The first-order valence-electron chi connectivity index (χ1n) is 7.45. The van der Waals surface area contributed by atoms with Gasteiger partial charge in [0.05, 0.1) is 6.54 Å². The maximum absolute atomic E-state index is 6.17. The fourth-order valence-corrected chi connectivity index (χ4v) is 3.44. The van der Waals surface area contributed by atoms with Gasteiger partial charge in [0.25, 0.3) is 0 Å². The van der Waals surface area contributed by atoms with E-state index in [1.54, 1.807) is 18.4 Å². The number of hydrogen-bond acceptors (Lipinski definition) is 3. The summed E-state index contributed by atoms with van der Waals surface area (Å²) >= 11 is 14.1. The minimum Gasteiger partial charge on any atom is -0.356 e. The lowest BCUT2D eigenvalue weighted by atomic mass is 10.1. The van der Waals surface area contributed by atoms with Gasteiger partial charge in [-0.05, 0) is 30.5 Å². The van der Waals surface area contributed by atoms with Crippen LogP contribution in [-0.4, -0.2) is 24.5 Å². The highest BCUT2D eigenvalue weighted by atomic mass is 35.5. The highest BCUT2D eigenvalue weighted by Crippen LogP contribution is 2.24. The second-order valence-corrected chi connectivity index (χ2v) is 6.89. The zero-order valence-corrected chi connectivity index (χ0v) is 15.5. The molecule has 0 aliphatic carbocycles. The summed E-state index contributed by atoms with van der Waals surface area (Å²) in [7, 11) is 1.75. The van der Waals surface area contributed by atoms with E-state index in [2.05, 4.69) is 27.5 Å². The molecule has 0 aliphatic rings. The average Bonchev–Trinajstić information content (AvgIpc) is 3.01. The van der Waals surface area contributed by atoms with Crippen molar-refractivity contribution in [1.29, 1.82) is 0 Å². The highest BCUT2D eigenvalue weighted by Gasteiger charge is 2.06. The van der Waals surface area contributed by atoms with Crippen molar-refractivity contribution in [3.8, 4) is 0 Å². The summed E-state index contributed by atoms with van der Waals surface area (Å²) in [6, 6.07) is 5.55. The van der Waals surface area contributed by atoms with Crippen molar-refractivity contribution in [1.82, 2.24) is 15.6 Å². The summed E-state index contributed by atoms with van der Waals surface area (Å²) in [5, 5.41) is 8.96. The smallest absolute Gasteiger partial charge is 0.191 e. The minimum atomic E-state index is 0.664. The molecule has 0 unspecified atom stereocenters. The number of rotatable bonds is 6. The van der Waals surface area contributed by atoms with E-state index in [1.165, 1.54) is 4.88 Å². The largest absolute Gasteiger partial charge is 0.356 e. The number of nitrogens with one attached hydrogen (secondary N) is 2. The number of benzene rings is 1. The molecule has 2 N–H and O–H groups in total. The first-order chi connectivity index (χ1) is 11.1. The number of guanidine groups is 1. The second kappa shape index (κ2) is 9.11. The van der Waals surface area contributed by atoms with Crippen molar-refractivity contribution < 1.29 is 0 Å². The van der Waals surface area contributed by atoms with Crippen LogP contribution in [0, 0.1) is 0 Å². The Morgan fingerprint density at radius 3 is 2.61 bits per heavy atom. The number of aliphatic imine (C=N–C) groups is 1. The molecule has 0 atom stereocenters. The molecular formula is C16H20Cl2N4S. The maximum atomic E-state index is 6.17. The van der Waals surface area contributed by atoms with Crippen LogP contribution in [0.15, 0.2) is 29.4 Å². The van der Waals surface area contributed by atoms with Crippen LogP contribution in [-0.2, 0) is 19.4 Å². The molecule has 124 valence electrons. The summed E-state index contributed by atoms with van der Waals surface area (Å²) in [4.78, 5) is 9.88. The standard InChI is InChI=1S/C16H20Cl2N4S/c1-3-11-9-21-15(23-11)10-22-16(19-2)20-8-7-12-13(17)5-4-6-14(12)18/h4-6,9H,3,7-8,10H2,1-2H3,(H2,19,20,22). The molecule has 1 aromatic carbocycles. The van der Waals surface area contributed by atoms with Crippen LogP contribution in [0.2, 0.25) is 10.0 Å². The quantitative estimate of drug-likeness (QED) is 0.598. The summed E-state index contributed by atoms with van der Waals surface area (Å²) in [6.07, 6.45) is 3.68. The van der Waals surface area contributed by atoms with Gasteiger partial charge in [-0.1, -0.05) is 36.2 Å². The first kappa shape index (κ1) is 18.0. The fraction of sp³-hybridized carbons (Fsp3) is 0.375. The lowest BCUT2D eigenvalue weighted by Crippen LogP contribution is -2.37. The van der Waals surface area contributed by atoms with Crippen molar-refractivity contribution in [3.63, 3.8) is 0 Å². The van der Waals surface area contributed by atoms with Gasteiger partial charge in [0, 0.05) is 34.7 Å². The van der Waals surface area contributed by atoms with Gasteiger partial charge in [0.2, 0.25) is 0 Å². The summed E-state index contributed by atoms with van der Waals surface area (Å²) in [5.41, 5.74) is 0.950. The number of thiazole rings is 1. The van der Waals surface area contributed by atoms with Crippen molar-refractivity contribution in [3.05, 3.63) is 49.9 Å². The van der Waals surface area contributed by atoms with Crippen molar-refractivity contribution >= 4 is 40.5 Å². The highest BCUT2D eigenvalue weighted by molar-refractivity contribution is 7.11. The van der Waals surface area contributed by atoms with Crippen LogP contribution < -0.4 is 10.6 Å². The molecular weight excluding hydrogens is 351 g/mol. The van der Waals surface area contributed by atoms with E-state index >= 15 is 0 Å². The van der Waals surface area contributed by atoms with Crippen LogP contribution in [0.1, 0.15) is 22.4 Å². The van der Waals surface area contributed by atoms with Crippen LogP contribution in [0.25, 0.3) is 0 Å². The van der Waals surface area contributed by atoms with Gasteiger partial charge in [0.15, 0.2) is 5.96 Å². The molecule has 0 saturated heterocycles. The predicted molar refractivity (Wildman–Crippen MR) is 99.9 cm³/mol. The van der Waals surface area contributed by atoms with E-state index in [9.17, 15) is 0 Å². The van der Waals surface area contributed by atoms with Crippen molar-refractivity contribution in [2.24, 2.45) is 4.99 Å². The fourth-order valence-electron chi connectivity index (χ4n) is 2.05. The van der Waals surface area contributed by atoms with E-state index in [1.807, 2.05) is 24.4 Å². The Labute approximate surface area is 151 Å². The zero-order valence-electron chi connectivity index (χ0n) is 13.2. The molecule has 0 saturated carbocycles. The number of aryl methyl sites for hydroxylation is 1. The van der Waals surface area contributed by atoms with Crippen LogP contribution in [0.4, 0.5) is 0 Å². The number of hydrogen-bond donors (Lipinski definition) is 2. The van der Waals surface area contributed by atoms with Crippen LogP contribution in [0.3, 0.4) is 0 Å². The first-order valence-corrected chi connectivity index (χ1v) is 9.02. The molecule has 0 aliphatic heterocycles. The van der Waals surface area contributed by atoms with Gasteiger partial charge in [-0.25, -0.2) is 4.98 Å². The Hall–Kier alpha value is -1.30. The van der Waals surface area contributed by atoms with Gasteiger partial charge in [0.1, 0.15) is 5.01 Å². The SMILES string of the molecule is CCc1cnc(CNC(=NC)NCCc2c(Cl)cccc2Cl)s1. The zero-order chi connectivity index (χ0) is 16.7. The van der Waals surface area contributed by atoms with Crippen molar-refractivity contribution in [2.75, 3.05) is 13.6 Å². The molecule has 0 amide bonds. The van der Waals surface area contributed by atoms with Gasteiger partial charge < -0.3 is 10.6 Å². The van der Waals surface area contributed by atoms with Gasteiger partial charge in [-0.2, -0.15) is 0 Å². The van der Waals surface area contributed by atoms with Crippen LogP contribution >= 0.6 is 34.5 Å². The third kappa shape index (κ3) is 5.37. The molecule has 0 radical (unpaired) electrons. The second-order valence-electron chi connectivity index (χ2n) is 4.88. The summed E-state index contributed by atoms with van der Waals surface area (Å²) < 4.78 is 0. The number of halogens is 2. The van der Waals surface area contributed by atoms with E-state index in [4.69, 9.17) is 23.2 Å². The van der Waals surface area contributed by atoms with Crippen LogP contribution in [0.5, 0.6) is 0 Å². The molecule has 4 nitrogen and oxygen atoms in total. The van der Waals surface area contributed by atoms with Gasteiger partial charge in [-0.15, -0.1) is 11.3 Å². The Balaban J connectivity index is 1.81. The summed E-state index contributed by atoms with van der Waals surface area (Å²) in [5.74, 6) is 0.737. The molecule has 23 heavy (non-hydrogen) atoms. The predicted octanol–water partition coefficient (Wildman–Crippen LogP) is 3.92. The Kier molecular flexibility index (Phi) is 7.15. The molecule has 0 bridgehead atoms. The van der Waals surface area contributed by atoms with E-state index in [0.717, 1.165) is 29.4 Å². The Bertz CT molecular complexity index is 650. The number of aromatic nitrogens is 1. The summed E-state index contributed by atoms with van der Waals surface area (Å²) in [6.45, 7) is 3.49. The van der Waals surface area contributed by atoms with Crippen molar-refractivity contribution in [2.45, 2.75) is 26.3 Å². The number of nitrogens with zero attached hydrogens (tertiary/aromatic N) is 2. The maximum Gasteiger partial charge on any atom is 0.191 e. The minimum absolute atomic E-state index is 0.664. The Morgan fingerprint density at radius 1 is 1.26 bits per heavy atom. The monoisotopic (exact) mass is 370 g/mol. The van der Waals surface area contributed by atoms with Gasteiger partial charge in [-0.3, -0.25) is 4.99 Å². The lowest BCUT2D eigenvalue weighted by Gasteiger charge is -2.12. The Morgan fingerprint density at radius 2 is 2.00 bits per heavy atom. The molecule has 2 aromatic rings. The molecule has 1 aromatic heterocycles.